The maximum atomic E-state index is 12.0. The molecule has 0 bridgehead atoms. The van der Waals surface area contributed by atoms with Crippen molar-refractivity contribution in [2.75, 3.05) is 56.7 Å². The molecule has 48 heavy (non-hydrogen) atoms. The third-order valence-corrected chi connectivity index (χ3v) is 10.3. The molecule has 0 spiro atoms. The van der Waals surface area contributed by atoms with Crippen LogP contribution in [0.1, 0.15) is 13.8 Å². The molecule has 2 aliphatic rings. The molecule has 0 saturated carbocycles. The first-order valence-electron chi connectivity index (χ1n) is 14.5. The van der Waals surface area contributed by atoms with Gasteiger partial charge in [-0.15, -0.1) is 0 Å². The molecule has 2 aromatic carbocycles. The lowest BCUT2D eigenvalue weighted by atomic mass is 9.93. The zero-order chi connectivity index (χ0) is 35.3. The average Bonchev–Trinajstić information content (AvgIpc) is 3.01. The predicted octanol–water partition coefficient (Wildman–Crippen LogP) is 1.40. The summed E-state index contributed by atoms with van der Waals surface area (Å²) in [5.74, 6) is 0.430. The lowest BCUT2D eigenvalue weighted by Gasteiger charge is -2.24. The van der Waals surface area contributed by atoms with Crippen LogP contribution in [-0.4, -0.2) is 81.6 Å². The minimum absolute atomic E-state index is 0.145. The van der Waals surface area contributed by atoms with Gasteiger partial charge in [-0.05, 0) is 49.7 Å². The van der Waals surface area contributed by atoms with E-state index in [9.17, 15) is 35.1 Å². The summed E-state index contributed by atoms with van der Waals surface area (Å²) >= 11 is 0.465. The van der Waals surface area contributed by atoms with Crippen molar-refractivity contribution in [3.8, 4) is 22.5 Å². The number of benzene rings is 3. The summed E-state index contributed by atoms with van der Waals surface area (Å²) in [5, 5.41) is 15.7. The third-order valence-electron chi connectivity index (χ3n) is 7.35. The monoisotopic (exact) mass is 744 g/mol. The van der Waals surface area contributed by atoms with Gasteiger partial charge < -0.3 is 14.6 Å². The molecule has 0 saturated heterocycles. The normalized spacial score (nSPS) is 13.3. The molecule has 0 unspecified atom stereocenters. The summed E-state index contributed by atoms with van der Waals surface area (Å²) < 4.78 is 98.1. The predicted molar refractivity (Wildman–Crippen MR) is 180 cm³/mol. The minimum atomic E-state index is -4.61. The SMILES string of the molecule is CCN(CCNS(C)(=O)=O)c1ccc2c(-c3ccc(S(=O)(=O)O)cc3SOO[O-])c3ccc(=[N+](CC)CCNS(C)(=O)=O)cc-3oc2c1. The Labute approximate surface area is 283 Å². The zero-order valence-electron chi connectivity index (χ0n) is 26.5. The van der Waals surface area contributed by atoms with E-state index >= 15 is 0 Å². The Kier molecular flexibility index (Phi) is 12.3. The van der Waals surface area contributed by atoms with Gasteiger partial charge in [-0.2, -0.15) is 12.8 Å². The van der Waals surface area contributed by atoms with Gasteiger partial charge in [0.05, 0.1) is 42.1 Å². The fraction of sp³-hybridized carbons (Fsp3) is 0.345. The van der Waals surface area contributed by atoms with Crippen molar-refractivity contribution in [1.82, 2.24) is 14.0 Å². The molecular weight excluding hydrogens is 709 g/mol. The number of rotatable bonds is 16. The van der Waals surface area contributed by atoms with Crippen molar-refractivity contribution in [2.45, 2.75) is 23.6 Å². The Hall–Kier alpha value is -3.11. The summed E-state index contributed by atoms with van der Waals surface area (Å²) in [5.41, 5.74) is 2.81. The Morgan fingerprint density at radius 2 is 1.60 bits per heavy atom. The number of hydrogen-bond acceptors (Lipinski definition) is 12. The molecule has 3 N–H and O–H groups in total. The van der Waals surface area contributed by atoms with E-state index in [2.05, 4.69) is 18.8 Å². The quantitative estimate of drug-likeness (QED) is 0.0371. The lowest BCUT2D eigenvalue weighted by molar-refractivity contribution is -0.777. The van der Waals surface area contributed by atoms with Crippen molar-refractivity contribution in [3.05, 3.63) is 60.0 Å². The number of likely N-dealkylation sites (N-methyl/N-ethyl adjacent to an activating group) is 2. The van der Waals surface area contributed by atoms with E-state index in [-0.39, 0.29) is 18.0 Å². The molecule has 2 aromatic rings. The smallest absolute Gasteiger partial charge is 0.294 e. The van der Waals surface area contributed by atoms with Crippen LogP contribution in [0.2, 0.25) is 0 Å². The molecule has 0 amide bonds. The van der Waals surface area contributed by atoms with Crippen LogP contribution in [0, 0.1) is 0 Å². The molecule has 0 radical (unpaired) electrons. The van der Waals surface area contributed by atoms with Gasteiger partial charge in [-0.25, -0.2) is 30.9 Å². The van der Waals surface area contributed by atoms with Crippen molar-refractivity contribution in [2.24, 2.45) is 0 Å². The molecular formula is C29H36N4O11S4. The summed E-state index contributed by atoms with van der Waals surface area (Å²) in [6.45, 7) is 6.06. The van der Waals surface area contributed by atoms with Crippen LogP contribution in [-0.2, 0) is 39.5 Å². The summed E-state index contributed by atoms with van der Waals surface area (Å²) in [6.07, 6.45) is 2.18. The molecule has 262 valence electrons. The molecule has 4 rings (SSSR count). The topological polar surface area (TPSA) is 208 Å². The van der Waals surface area contributed by atoms with Gasteiger partial charge >= 0.3 is 0 Å². The zero-order valence-corrected chi connectivity index (χ0v) is 29.8. The number of fused-ring (bicyclic) bond motifs is 2. The summed E-state index contributed by atoms with van der Waals surface area (Å²) in [7, 11) is -11.4. The largest absolute Gasteiger partial charge is 0.691 e. The first kappa shape index (κ1) is 37.7. The van der Waals surface area contributed by atoms with Gasteiger partial charge in [-0.1, -0.05) is 6.07 Å². The van der Waals surface area contributed by atoms with Crippen LogP contribution in [0.25, 0.3) is 33.4 Å². The Morgan fingerprint density at radius 1 is 0.917 bits per heavy atom. The number of nitrogens with zero attached hydrogens (tertiary/aromatic N) is 2. The fourth-order valence-corrected chi connectivity index (χ4v) is 7.25. The Morgan fingerprint density at radius 3 is 2.23 bits per heavy atom. The van der Waals surface area contributed by atoms with Gasteiger partial charge in [0.2, 0.25) is 25.4 Å². The van der Waals surface area contributed by atoms with Crippen LogP contribution in [0.15, 0.2) is 68.8 Å². The molecule has 19 heteroatoms. The second-order valence-electron chi connectivity index (χ2n) is 10.7. The fourth-order valence-electron chi connectivity index (χ4n) is 5.21. The molecule has 0 aromatic heterocycles. The molecule has 15 nitrogen and oxygen atoms in total. The average molecular weight is 745 g/mol. The minimum Gasteiger partial charge on any atom is -0.691 e. The van der Waals surface area contributed by atoms with Crippen molar-refractivity contribution in [1.29, 1.82) is 0 Å². The van der Waals surface area contributed by atoms with E-state index < -0.39 is 35.1 Å². The Balaban J connectivity index is 1.98. The molecule has 1 aliphatic heterocycles. The first-order valence-corrected chi connectivity index (χ1v) is 20.5. The van der Waals surface area contributed by atoms with Crippen LogP contribution in [0.3, 0.4) is 0 Å². The highest BCUT2D eigenvalue weighted by Crippen LogP contribution is 2.44. The standard InChI is InChI=1S/C29H36N4O11S4/c1-5-32(15-13-30-46(3,35)36)20-7-10-23-26(17-20)42-27-18-21(33(6-2)16-14-31-47(4,37)38)8-11-24(27)29(23)25-12-9-22(48(39,40)41)19-28(25)45-44-43-34/h7-12,17-19,30-31H,5-6,13-16H2,1-4H3,(H-,34,39,40,41). The Bertz CT molecular complexity index is 2150. The number of nitrogens with one attached hydrogen (secondary N) is 2. The van der Waals surface area contributed by atoms with Crippen molar-refractivity contribution >= 4 is 58.9 Å². The lowest BCUT2D eigenvalue weighted by Crippen LogP contribution is -2.37. The third kappa shape index (κ3) is 9.74. The number of sulfonamides is 2. The van der Waals surface area contributed by atoms with Crippen LogP contribution in [0.5, 0.6) is 0 Å². The molecule has 1 heterocycles. The van der Waals surface area contributed by atoms with Crippen LogP contribution in [0.4, 0.5) is 5.69 Å². The molecule has 0 fully saturated rings. The highest BCUT2D eigenvalue weighted by molar-refractivity contribution is 7.94. The van der Waals surface area contributed by atoms with E-state index in [1.54, 1.807) is 12.1 Å². The van der Waals surface area contributed by atoms with Crippen LogP contribution >= 0.6 is 12.0 Å². The first-order chi connectivity index (χ1) is 22.5. The summed E-state index contributed by atoms with van der Waals surface area (Å²) in [6, 6.07) is 14.8. The van der Waals surface area contributed by atoms with Gasteiger partial charge in [-0.3, -0.25) is 9.59 Å². The van der Waals surface area contributed by atoms with E-state index in [0.29, 0.717) is 71.6 Å². The van der Waals surface area contributed by atoms with Gasteiger partial charge in [0.25, 0.3) is 10.1 Å². The van der Waals surface area contributed by atoms with Crippen molar-refractivity contribution < 1.29 is 48.9 Å². The molecule has 1 aliphatic carbocycles. The van der Waals surface area contributed by atoms with Gasteiger partial charge in [0.15, 0.2) is 6.54 Å². The second-order valence-corrected chi connectivity index (χ2v) is 16.5. The van der Waals surface area contributed by atoms with E-state index in [4.69, 9.17) is 4.42 Å². The van der Waals surface area contributed by atoms with E-state index in [1.807, 2.05) is 47.6 Å². The maximum Gasteiger partial charge on any atom is 0.294 e. The highest BCUT2D eigenvalue weighted by Gasteiger charge is 2.23. The molecule has 0 atom stereocenters. The van der Waals surface area contributed by atoms with Crippen molar-refractivity contribution in [3.63, 3.8) is 0 Å². The summed E-state index contributed by atoms with van der Waals surface area (Å²) in [4.78, 5) is 1.68. The van der Waals surface area contributed by atoms with E-state index in [0.717, 1.165) is 29.6 Å². The second kappa shape index (κ2) is 15.6. The van der Waals surface area contributed by atoms with Gasteiger partial charge in [0, 0.05) is 58.9 Å². The number of hydrogen-bond donors (Lipinski definition) is 3. The maximum absolute atomic E-state index is 12.0. The van der Waals surface area contributed by atoms with Crippen LogP contribution < -0.4 is 29.5 Å². The van der Waals surface area contributed by atoms with Gasteiger partial charge in [0.1, 0.15) is 17.9 Å². The number of anilines is 1. The van der Waals surface area contributed by atoms with E-state index in [1.165, 1.54) is 12.1 Å². The highest BCUT2D eigenvalue weighted by atomic mass is 32.2.